The quantitative estimate of drug-likeness (QED) is 0.0957. The first-order valence-corrected chi connectivity index (χ1v) is 19.8. The predicted octanol–water partition coefficient (Wildman–Crippen LogP) is 8.08. The van der Waals surface area contributed by atoms with Crippen LogP contribution >= 0.6 is 0 Å². The normalized spacial score (nSPS) is 13.4. The Labute approximate surface area is 196 Å². The minimum Gasteiger partial charge on any atom is -0.463 e. The van der Waals surface area contributed by atoms with Crippen molar-refractivity contribution in [3.05, 3.63) is 0 Å². The number of hydrogen-bond acceptors (Lipinski definition) is 4. The van der Waals surface area contributed by atoms with Gasteiger partial charge in [0.2, 0.25) is 0 Å². The van der Waals surface area contributed by atoms with Crippen LogP contribution in [-0.4, -0.2) is 41.9 Å². The van der Waals surface area contributed by atoms with E-state index in [1.54, 1.807) is 0 Å². The molecule has 1 unspecified atom stereocenters. The van der Waals surface area contributed by atoms with Gasteiger partial charge in [0, 0.05) is 6.42 Å². The highest BCUT2D eigenvalue weighted by Gasteiger charge is 2.25. The minimum atomic E-state index is -1.71. The van der Waals surface area contributed by atoms with E-state index in [2.05, 4.69) is 46.2 Å². The van der Waals surface area contributed by atoms with Gasteiger partial charge in [0.1, 0.15) is 12.7 Å². The molecule has 4 nitrogen and oxygen atoms in total. The molecule has 0 saturated heterocycles. The van der Waals surface area contributed by atoms with E-state index in [0.717, 1.165) is 12.8 Å². The molecule has 1 atom stereocenters. The van der Waals surface area contributed by atoms with Crippen LogP contribution in [0, 0.1) is 0 Å². The number of ether oxygens (including phenoxy) is 1. The van der Waals surface area contributed by atoms with Crippen molar-refractivity contribution in [3.63, 3.8) is 0 Å². The molecule has 0 spiro atoms. The standard InChI is InChI=1S/C25H54O4Si2/c1-8-9-10-11-12-13-14-15-16-17-18-19-20-21-25(26)27-22-24(29-31(5,6)7)23-28-30(2,3)4/h24H,8-23H2,1-7H3. The maximum Gasteiger partial charge on any atom is 0.305 e. The third-order valence-electron chi connectivity index (χ3n) is 5.14. The van der Waals surface area contributed by atoms with Crippen LogP contribution < -0.4 is 0 Å². The maximum atomic E-state index is 12.1. The summed E-state index contributed by atoms with van der Waals surface area (Å²) in [5, 5.41) is 0. The Balaban J connectivity index is 3.73. The van der Waals surface area contributed by atoms with E-state index >= 15 is 0 Å². The molecule has 0 amide bonds. The molecule has 0 aliphatic heterocycles. The fraction of sp³-hybridized carbons (Fsp3) is 0.960. The molecule has 0 bridgehead atoms. The Kier molecular flexibility index (Phi) is 18.2. The lowest BCUT2D eigenvalue weighted by atomic mass is 10.0. The third kappa shape index (κ3) is 24.3. The molecule has 0 fully saturated rings. The minimum absolute atomic E-state index is 0.0970. The van der Waals surface area contributed by atoms with Crippen molar-refractivity contribution in [3.8, 4) is 0 Å². The molecule has 6 heteroatoms. The smallest absolute Gasteiger partial charge is 0.305 e. The van der Waals surface area contributed by atoms with E-state index in [-0.39, 0.29) is 12.1 Å². The third-order valence-corrected chi connectivity index (χ3v) is 7.21. The van der Waals surface area contributed by atoms with Gasteiger partial charge in [-0.25, -0.2) is 0 Å². The molecule has 0 aromatic heterocycles. The highest BCUT2D eigenvalue weighted by molar-refractivity contribution is 6.70. The monoisotopic (exact) mass is 474 g/mol. The summed E-state index contributed by atoms with van der Waals surface area (Å²) in [5.41, 5.74) is 0. The molecule has 0 aliphatic carbocycles. The summed E-state index contributed by atoms with van der Waals surface area (Å²) < 4.78 is 17.7. The van der Waals surface area contributed by atoms with Crippen LogP contribution in [0.2, 0.25) is 39.3 Å². The Morgan fingerprint density at radius 2 is 1.10 bits per heavy atom. The van der Waals surface area contributed by atoms with Crippen LogP contribution in [0.25, 0.3) is 0 Å². The van der Waals surface area contributed by atoms with Gasteiger partial charge < -0.3 is 13.6 Å². The molecule has 186 valence electrons. The van der Waals surface area contributed by atoms with Gasteiger partial charge in [0.25, 0.3) is 0 Å². The summed E-state index contributed by atoms with van der Waals surface area (Å²) in [4.78, 5) is 12.1. The van der Waals surface area contributed by atoms with Crippen LogP contribution in [0.4, 0.5) is 0 Å². The predicted molar refractivity (Wildman–Crippen MR) is 139 cm³/mol. The second-order valence-corrected chi connectivity index (χ2v) is 19.9. The first kappa shape index (κ1) is 30.8. The van der Waals surface area contributed by atoms with Crippen molar-refractivity contribution in [2.45, 2.75) is 142 Å². The second kappa shape index (κ2) is 18.3. The number of esters is 1. The molecule has 0 N–H and O–H groups in total. The number of hydrogen-bond donors (Lipinski definition) is 0. The van der Waals surface area contributed by atoms with Gasteiger partial charge in [-0.2, -0.15) is 0 Å². The average molecular weight is 475 g/mol. The van der Waals surface area contributed by atoms with Crippen LogP contribution in [0.15, 0.2) is 0 Å². The zero-order valence-corrected chi connectivity index (χ0v) is 24.0. The average Bonchev–Trinajstić information content (AvgIpc) is 2.66. The van der Waals surface area contributed by atoms with E-state index in [4.69, 9.17) is 13.6 Å². The highest BCUT2D eigenvalue weighted by atomic mass is 28.4. The van der Waals surface area contributed by atoms with Gasteiger partial charge in [-0.1, -0.05) is 84.0 Å². The molecule has 0 saturated carbocycles. The Morgan fingerprint density at radius 1 is 0.645 bits per heavy atom. The fourth-order valence-corrected chi connectivity index (χ4v) is 5.33. The molecule has 0 radical (unpaired) electrons. The topological polar surface area (TPSA) is 44.8 Å². The lowest BCUT2D eigenvalue weighted by Crippen LogP contribution is -2.40. The number of rotatable bonds is 21. The van der Waals surface area contributed by atoms with Crippen molar-refractivity contribution in [2.75, 3.05) is 13.2 Å². The lowest BCUT2D eigenvalue weighted by molar-refractivity contribution is -0.146. The molecule has 0 aromatic rings. The van der Waals surface area contributed by atoms with Gasteiger partial charge in [-0.05, 0) is 45.7 Å². The largest absolute Gasteiger partial charge is 0.463 e. The van der Waals surface area contributed by atoms with Crippen molar-refractivity contribution in [1.29, 1.82) is 0 Å². The van der Waals surface area contributed by atoms with E-state index in [1.807, 2.05) is 0 Å². The van der Waals surface area contributed by atoms with E-state index in [1.165, 1.54) is 70.6 Å². The maximum absolute atomic E-state index is 12.1. The Hall–Kier alpha value is -0.176. The summed E-state index contributed by atoms with van der Waals surface area (Å²) in [5.74, 6) is -0.0970. The summed E-state index contributed by atoms with van der Waals surface area (Å²) in [6.07, 6.45) is 17.4. The first-order valence-electron chi connectivity index (χ1n) is 13.0. The SMILES string of the molecule is CCCCCCCCCCCCCCCC(=O)OCC(CO[Si](C)(C)C)O[Si](C)(C)C. The number of carbonyl (C=O) groups excluding carboxylic acids is 1. The van der Waals surface area contributed by atoms with E-state index < -0.39 is 16.6 Å². The van der Waals surface area contributed by atoms with Crippen molar-refractivity contribution >= 4 is 22.6 Å². The van der Waals surface area contributed by atoms with Gasteiger partial charge in [-0.15, -0.1) is 0 Å². The zero-order valence-electron chi connectivity index (χ0n) is 22.0. The van der Waals surface area contributed by atoms with Gasteiger partial charge >= 0.3 is 5.97 Å². The molecular formula is C25H54O4Si2. The number of carbonyl (C=O) groups is 1. The second-order valence-electron chi connectivity index (χ2n) is 11.0. The van der Waals surface area contributed by atoms with E-state index in [9.17, 15) is 4.79 Å². The molecule has 0 aliphatic rings. The molecule has 0 heterocycles. The molecular weight excluding hydrogens is 420 g/mol. The lowest BCUT2D eigenvalue weighted by Gasteiger charge is -2.28. The Morgan fingerprint density at radius 3 is 1.52 bits per heavy atom. The summed E-state index contributed by atoms with van der Waals surface area (Å²) in [7, 11) is -3.31. The molecule has 31 heavy (non-hydrogen) atoms. The van der Waals surface area contributed by atoms with Crippen molar-refractivity contribution < 1.29 is 18.4 Å². The Bertz CT molecular complexity index is 430. The summed E-state index contributed by atoms with van der Waals surface area (Å²) in [6.45, 7) is 16.1. The summed E-state index contributed by atoms with van der Waals surface area (Å²) >= 11 is 0. The van der Waals surface area contributed by atoms with Crippen molar-refractivity contribution in [2.24, 2.45) is 0 Å². The number of unbranched alkanes of at least 4 members (excludes halogenated alkanes) is 12. The van der Waals surface area contributed by atoms with Crippen LogP contribution in [0.5, 0.6) is 0 Å². The molecule has 0 rings (SSSR count). The van der Waals surface area contributed by atoms with Crippen LogP contribution in [0.3, 0.4) is 0 Å². The zero-order chi connectivity index (χ0) is 23.6. The van der Waals surface area contributed by atoms with Gasteiger partial charge in [-0.3, -0.25) is 4.79 Å². The fourth-order valence-electron chi connectivity index (χ4n) is 3.50. The highest BCUT2D eigenvalue weighted by Crippen LogP contribution is 2.14. The summed E-state index contributed by atoms with van der Waals surface area (Å²) in [6, 6.07) is 0. The molecule has 0 aromatic carbocycles. The first-order chi connectivity index (χ1) is 14.5. The van der Waals surface area contributed by atoms with Gasteiger partial charge in [0.05, 0.1) is 6.61 Å². The van der Waals surface area contributed by atoms with Gasteiger partial charge in [0.15, 0.2) is 16.6 Å². The van der Waals surface area contributed by atoms with Crippen molar-refractivity contribution in [1.82, 2.24) is 0 Å². The van der Waals surface area contributed by atoms with Crippen LogP contribution in [0.1, 0.15) is 96.8 Å². The van der Waals surface area contributed by atoms with E-state index in [0.29, 0.717) is 19.6 Å². The van der Waals surface area contributed by atoms with Crippen LogP contribution in [-0.2, 0) is 18.4 Å².